The molecule has 0 unspecified atom stereocenters. The zero-order chi connectivity index (χ0) is 21.7. The Hall–Kier alpha value is -1.89. The Morgan fingerprint density at radius 1 is 1.23 bits per heavy atom. The van der Waals surface area contributed by atoms with E-state index in [-0.39, 0.29) is 5.41 Å². The van der Waals surface area contributed by atoms with Crippen molar-refractivity contribution in [2.45, 2.75) is 38.0 Å². The Kier molecular flexibility index (Phi) is 7.31. The summed E-state index contributed by atoms with van der Waals surface area (Å²) in [4.78, 5) is 7.03. The Labute approximate surface area is 195 Å². The highest BCUT2D eigenvalue weighted by Crippen LogP contribution is 2.35. The zero-order valence-electron chi connectivity index (χ0n) is 18.1. The van der Waals surface area contributed by atoms with E-state index in [0.717, 1.165) is 68.1 Å². The van der Waals surface area contributed by atoms with E-state index >= 15 is 0 Å². The third-order valence-electron chi connectivity index (χ3n) is 6.48. The Balaban J connectivity index is 1.35. The second-order valence-corrected chi connectivity index (χ2v) is 9.65. The number of anilines is 2. The number of benzene rings is 1. The van der Waals surface area contributed by atoms with Gasteiger partial charge < -0.3 is 20.3 Å². The van der Waals surface area contributed by atoms with Crippen molar-refractivity contribution in [3.8, 4) is 0 Å². The van der Waals surface area contributed by atoms with Crippen LogP contribution < -0.4 is 15.5 Å². The highest BCUT2D eigenvalue weighted by Gasteiger charge is 2.34. The number of ether oxygens (including phenoxy) is 1. The molecule has 31 heavy (non-hydrogen) atoms. The van der Waals surface area contributed by atoms with Gasteiger partial charge in [-0.1, -0.05) is 30.7 Å². The molecule has 2 saturated heterocycles. The topological polar surface area (TPSA) is 49.4 Å². The molecule has 0 amide bonds. The molecular weight excluding hydrogens is 428 g/mol. The van der Waals surface area contributed by atoms with Crippen LogP contribution in [0, 0.1) is 5.92 Å². The summed E-state index contributed by atoms with van der Waals surface area (Å²) in [6, 6.07) is 12.3. The first-order valence-corrected chi connectivity index (χ1v) is 11.9. The summed E-state index contributed by atoms with van der Waals surface area (Å²) in [6.45, 7) is 6.73. The van der Waals surface area contributed by atoms with Crippen LogP contribution in [0.15, 0.2) is 42.6 Å². The van der Waals surface area contributed by atoms with Crippen molar-refractivity contribution in [1.82, 2.24) is 10.3 Å². The van der Waals surface area contributed by atoms with Gasteiger partial charge in [-0.2, -0.15) is 0 Å². The van der Waals surface area contributed by atoms with E-state index in [9.17, 15) is 0 Å². The Bertz CT molecular complexity index is 868. The van der Waals surface area contributed by atoms with E-state index in [4.69, 9.17) is 28.6 Å². The lowest BCUT2D eigenvalue weighted by Crippen LogP contribution is -2.45. The van der Waals surface area contributed by atoms with Gasteiger partial charge in [0, 0.05) is 43.3 Å². The molecule has 166 valence electrons. The van der Waals surface area contributed by atoms with Crippen molar-refractivity contribution in [2.24, 2.45) is 5.92 Å². The zero-order valence-corrected chi connectivity index (χ0v) is 19.6. The summed E-state index contributed by atoms with van der Waals surface area (Å²) in [5.74, 6) is 1.77. The van der Waals surface area contributed by atoms with Crippen molar-refractivity contribution in [1.29, 1.82) is 0 Å². The summed E-state index contributed by atoms with van der Waals surface area (Å²) in [7, 11) is 0. The molecule has 7 heteroatoms. The summed E-state index contributed by atoms with van der Waals surface area (Å²) in [5.41, 5.74) is 2.16. The second-order valence-electron chi connectivity index (χ2n) is 8.81. The molecule has 0 spiro atoms. The molecule has 5 nitrogen and oxygen atoms in total. The molecule has 2 aliphatic rings. The van der Waals surface area contributed by atoms with E-state index in [2.05, 4.69) is 51.7 Å². The van der Waals surface area contributed by atoms with Crippen LogP contribution in [-0.2, 0) is 10.2 Å². The number of aromatic nitrogens is 1. The van der Waals surface area contributed by atoms with E-state index in [0.29, 0.717) is 5.11 Å². The average molecular weight is 459 g/mol. The van der Waals surface area contributed by atoms with Gasteiger partial charge in [0.25, 0.3) is 0 Å². The fraction of sp³-hybridized carbons (Fsp3) is 0.500. The van der Waals surface area contributed by atoms with Crippen LogP contribution in [0.5, 0.6) is 0 Å². The highest BCUT2D eigenvalue weighted by molar-refractivity contribution is 7.80. The number of nitrogens with one attached hydrogen (secondary N) is 2. The van der Waals surface area contributed by atoms with Gasteiger partial charge in [0.05, 0.1) is 11.9 Å². The lowest BCUT2D eigenvalue weighted by atomic mass is 9.74. The fourth-order valence-corrected chi connectivity index (χ4v) is 4.92. The molecule has 2 N–H and O–H groups in total. The first-order chi connectivity index (χ1) is 15.0. The Morgan fingerprint density at radius 2 is 2.00 bits per heavy atom. The number of hydrogen-bond acceptors (Lipinski definition) is 4. The van der Waals surface area contributed by atoms with E-state index in [1.807, 2.05) is 18.3 Å². The molecule has 2 aliphatic heterocycles. The van der Waals surface area contributed by atoms with Gasteiger partial charge in [-0.15, -0.1) is 0 Å². The minimum absolute atomic E-state index is 0.0123. The van der Waals surface area contributed by atoms with Crippen molar-refractivity contribution < 1.29 is 4.74 Å². The summed E-state index contributed by atoms with van der Waals surface area (Å²) < 4.78 is 5.63. The van der Waals surface area contributed by atoms with Gasteiger partial charge in [0.2, 0.25) is 0 Å². The monoisotopic (exact) mass is 458 g/mol. The SMILES string of the molecule is C[C@H]1CCCN(c2ccc(NC(=S)NCC3(c4ccc(Cl)cc4)CCOCC3)cn2)C1. The molecule has 1 aromatic carbocycles. The number of rotatable bonds is 5. The first kappa shape index (κ1) is 22.3. The normalized spacial score (nSPS) is 20.8. The van der Waals surface area contributed by atoms with Crippen molar-refractivity contribution in [2.75, 3.05) is 43.1 Å². The number of hydrogen-bond donors (Lipinski definition) is 2. The molecule has 0 aliphatic carbocycles. The molecular formula is C24H31ClN4OS. The molecule has 3 heterocycles. The first-order valence-electron chi connectivity index (χ1n) is 11.1. The van der Waals surface area contributed by atoms with Crippen molar-refractivity contribution in [3.05, 3.63) is 53.2 Å². The second kappa shape index (κ2) is 10.2. The average Bonchev–Trinajstić information content (AvgIpc) is 2.79. The molecule has 0 radical (unpaired) electrons. The standard InChI is InChI=1S/C24H31ClN4OS/c1-18-3-2-12-29(16-18)22-9-8-21(15-26-22)28-23(31)27-17-24(10-13-30-14-11-24)19-4-6-20(25)7-5-19/h4-9,15,18H,2-3,10-14,16-17H2,1H3,(H2,27,28,31)/t18-/m0/s1. The molecule has 1 aromatic heterocycles. The van der Waals surface area contributed by atoms with Gasteiger partial charge in [-0.05, 0) is 73.6 Å². The quantitative estimate of drug-likeness (QED) is 0.614. The summed E-state index contributed by atoms with van der Waals surface area (Å²) in [6.07, 6.45) is 6.31. The molecule has 4 rings (SSSR count). The maximum Gasteiger partial charge on any atom is 0.170 e. The summed E-state index contributed by atoms with van der Waals surface area (Å²) in [5, 5.41) is 8.08. The van der Waals surface area contributed by atoms with Crippen molar-refractivity contribution in [3.63, 3.8) is 0 Å². The molecule has 1 atom stereocenters. The minimum atomic E-state index is -0.0123. The maximum atomic E-state index is 6.10. The van der Waals surface area contributed by atoms with Crippen LogP contribution in [0.3, 0.4) is 0 Å². The third kappa shape index (κ3) is 5.68. The van der Waals surface area contributed by atoms with E-state index < -0.39 is 0 Å². The van der Waals surface area contributed by atoms with Crippen LogP contribution in [0.25, 0.3) is 0 Å². The Morgan fingerprint density at radius 3 is 2.68 bits per heavy atom. The van der Waals surface area contributed by atoms with Gasteiger partial charge >= 0.3 is 0 Å². The predicted octanol–water partition coefficient (Wildman–Crippen LogP) is 5.01. The lowest BCUT2D eigenvalue weighted by Gasteiger charge is -2.38. The van der Waals surface area contributed by atoms with Crippen LogP contribution in [0.2, 0.25) is 5.02 Å². The number of nitrogens with zero attached hydrogens (tertiary/aromatic N) is 2. The predicted molar refractivity (Wildman–Crippen MR) is 132 cm³/mol. The number of piperidine rings is 1. The van der Waals surface area contributed by atoms with Crippen LogP contribution in [0.1, 0.15) is 38.2 Å². The maximum absolute atomic E-state index is 6.10. The third-order valence-corrected chi connectivity index (χ3v) is 6.98. The lowest BCUT2D eigenvalue weighted by molar-refractivity contribution is 0.0515. The minimum Gasteiger partial charge on any atom is -0.381 e. The van der Waals surface area contributed by atoms with Gasteiger partial charge in [-0.3, -0.25) is 0 Å². The van der Waals surface area contributed by atoms with E-state index in [1.54, 1.807) is 0 Å². The highest BCUT2D eigenvalue weighted by atomic mass is 35.5. The number of halogens is 1. The van der Waals surface area contributed by atoms with Crippen molar-refractivity contribution >= 4 is 40.4 Å². The van der Waals surface area contributed by atoms with Crippen LogP contribution >= 0.6 is 23.8 Å². The largest absolute Gasteiger partial charge is 0.381 e. The van der Waals surface area contributed by atoms with Gasteiger partial charge in [-0.25, -0.2) is 4.98 Å². The number of thiocarbonyl (C=S) groups is 1. The molecule has 0 bridgehead atoms. The number of pyridine rings is 1. The molecule has 2 aromatic rings. The van der Waals surface area contributed by atoms with Crippen LogP contribution in [0.4, 0.5) is 11.5 Å². The summed E-state index contributed by atoms with van der Waals surface area (Å²) >= 11 is 11.7. The fourth-order valence-electron chi connectivity index (χ4n) is 4.60. The smallest absolute Gasteiger partial charge is 0.170 e. The van der Waals surface area contributed by atoms with Gasteiger partial charge in [0.1, 0.15) is 5.82 Å². The van der Waals surface area contributed by atoms with Crippen LogP contribution in [-0.4, -0.2) is 42.9 Å². The van der Waals surface area contributed by atoms with Gasteiger partial charge in [0.15, 0.2) is 5.11 Å². The molecule has 0 saturated carbocycles. The van der Waals surface area contributed by atoms with E-state index in [1.165, 1.54) is 18.4 Å². The molecule has 2 fully saturated rings.